The molecule has 4 rings (SSSR count). The molecule has 29 heavy (non-hydrogen) atoms. The lowest BCUT2D eigenvalue weighted by Crippen LogP contribution is -2.23. The van der Waals surface area contributed by atoms with E-state index in [0.29, 0.717) is 16.8 Å². The molecule has 0 atom stereocenters. The van der Waals surface area contributed by atoms with E-state index in [0.717, 1.165) is 16.6 Å². The van der Waals surface area contributed by atoms with Crippen molar-refractivity contribution in [1.82, 2.24) is 19.9 Å². The van der Waals surface area contributed by atoms with Crippen molar-refractivity contribution in [2.75, 3.05) is 0 Å². The maximum Gasteiger partial charge on any atom is 0.252 e. The van der Waals surface area contributed by atoms with Gasteiger partial charge in [-0.1, -0.05) is 38.1 Å². The third kappa shape index (κ3) is 3.87. The number of nitrogens with zero attached hydrogens (tertiary/aromatic N) is 3. The molecule has 146 valence electrons. The lowest BCUT2D eigenvalue weighted by Gasteiger charge is -2.12. The van der Waals surface area contributed by atoms with Gasteiger partial charge in [0.25, 0.3) is 5.91 Å². The van der Waals surface area contributed by atoms with E-state index >= 15 is 0 Å². The van der Waals surface area contributed by atoms with E-state index < -0.39 is 0 Å². The van der Waals surface area contributed by atoms with Crippen LogP contribution in [0, 0.1) is 5.82 Å². The van der Waals surface area contributed by atoms with Gasteiger partial charge >= 0.3 is 0 Å². The summed E-state index contributed by atoms with van der Waals surface area (Å²) in [7, 11) is 0. The highest BCUT2D eigenvalue weighted by Crippen LogP contribution is 2.22. The van der Waals surface area contributed by atoms with Gasteiger partial charge in [-0.25, -0.2) is 9.37 Å². The van der Waals surface area contributed by atoms with E-state index in [4.69, 9.17) is 0 Å². The number of carbonyl (C=O) groups excluding carboxylic acids is 1. The number of pyridine rings is 1. The molecule has 2 aromatic heterocycles. The normalized spacial score (nSPS) is 11.2. The number of imidazole rings is 1. The molecule has 2 aromatic carbocycles. The first-order valence-corrected chi connectivity index (χ1v) is 9.47. The molecule has 1 amide bonds. The Kier molecular flexibility index (Phi) is 5.08. The molecule has 0 bridgehead atoms. The summed E-state index contributed by atoms with van der Waals surface area (Å²) in [5.41, 5.74) is 3.33. The summed E-state index contributed by atoms with van der Waals surface area (Å²) in [6.07, 6.45) is 4.82. The van der Waals surface area contributed by atoms with Crippen molar-refractivity contribution < 1.29 is 9.18 Å². The van der Waals surface area contributed by atoms with Gasteiger partial charge in [0.1, 0.15) is 5.82 Å². The van der Waals surface area contributed by atoms with Crippen LogP contribution in [0.15, 0.2) is 67.3 Å². The standard InChI is InChI=1S/C23H21FN4O/c1-15(2)21-12-18(17-5-3-4-6-20(17)27-21)23(29)26-13-16-7-8-22(19(24)11-16)28-10-9-25-14-28/h3-12,14-15H,13H2,1-2H3,(H,26,29). The number of hydrogen-bond acceptors (Lipinski definition) is 3. The smallest absolute Gasteiger partial charge is 0.252 e. The minimum atomic E-state index is -0.369. The summed E-state index contributed by atoms with van der Waals surface area (Å²) in [4.78, 5) is 21.5. The predicted octanol–water partition coefficient (Wildman–Crippen LogP) is 4.61. The molecular weight excluding hydrogens is 367 g/mol. The van der Waals surface area contributed by atoms with Crippen LogP contribution in [-0.4, -0.2) is 20.4 Å². The van der Waals surface area contributed by atoms with Crippen LogP contribution >= 0.6 is 0 Å². The number of nitrogens with one attached hydrogen (secondary N) is 1. The van der Waals surface area contributed by atoms with Gasteiger partial charge in [0, 0.05) is 30.0 Å². The van der Waals surface area contributed by atoms with Crippen molar-refractivity contribution in [2.45, 2.75) is 26.3 Å². The summed E-state index contributed by atoms with van der Waals surface area (Å²) < 4.78 is 16.0. The Morgan fingerprint density at radius 3 is 2.72 bits per heavy atom. The highest BCUT2D eigenvalue weighted by molar-refractivity contribution is 6.06. The number of aromatic nitrogens is 3. The first-order valence-electron chi connectivity index (χ1n) is 9.47. The van der Waals surface area contributed by atoms with Crippen molar-refractivity contribution in [1.29, 1.82) is 0 Å². The molecule has 0 aliphatic rings. The number of rotatable bonds is 5. The molecular formula is C23H21FN4O. The molecule has 0 saturated heterocycles. The van der Waals surface area contributed by atoms with Crippen molar-refractivity contribution in [3.63, 3.8) is 0 Å². The number of fused-ring (bicyclic) bond motifs is 1. The maximum absolute atomic E-state index is 14.4. The van der Waals surface area contributed by atoms with Gasteiger partial charge in [-0.3, -0.25) is 9.78 Å². The fourth-order valence-corrected chi connectivity index (χ4v) is 3.23. The molecule has 0 aliphatic carbocycles. The van der Waals surface area contributed by atoms with Gasteiger partial charge in [0.15, 0.2) is 0 Å². The summed E-state index contributed by atoms with van der Waals surface area (Å²) in [5.74, 6) is -0.369. The van der Waals surface area contributed by atoms with Crippen LogP contribution in [0.4, 0.5) is 4.39 Å². The van der Waals surface area contributed by atoms with E-state index in [1.807, 2.05) is 44.2 Å². The quantitative estimate of drug-likeness (QED) is 0.543. The number of halogens is 1. The molecule has 1 N–H and O–H groups in total. The number of para-hydroxylation sites is 1. The Morgan fingerprint density at radius 2 is 2.00 bits per heavy atom. The number of hydrogen-bond donors (Lipinski definition) is 1. The Bertz CT molecular complexity index is 1170. The van der Waals surface area contributed by atoms with Crippen LogP contribution in [0.2, 0.25) is 0 Å². The predicted molar refractivity (Wildman–Crippen MR) is 111 cm³/mol. The minimum absolute atomic E-state index is 0.204. The van der Waals surface area contributed by atoms with Crippen molar-refractivity contribution in [3.05, 3.63) is 89.9 Å². The van der Waals surface area contributed by atoms with E-state index in [-0.39, 0.29) is 24.2 Å². The lowest BCUT2D eigenvalue weighted by atomic mass is 10.0. The maximum atomic E-state index is 14.4. The second-order valence-electron chi connectivity index (χ2n) is 7.20. The monoisotopic (exact) mass is 388 g/mol. The molecule has 0 unspecified atom stereocenters. The summed E-state index contributed by atoms with van der Waals surface area (Å²) in [6, 6.07) is 14.3. The zero-order valence-electron chi connectivity index (χ0n) is 16.3. The molecule has 4 aromatic rings. The van der Waals surface area contributed by atoms with Gasteiger partial charge in [0.2, 0.25) is 0 Å². The van der Waals surface area contributed by atoms with Crippen LogP contribution in [0.5, 0.6) is 0 Å². The largest absolute Gasteiger partial charge is 0.348 e. The lowest BCUT2D eigenvalue weighted by molar-refractivity contribution is 0.0952. The molecule has 0 saturated carbocycles. The van der Waals surface area contributed by atoms with E-state index in [1.54, 1.807) is 35.4 Å². The summed E-state index contributed by atoms with van der Waals surface area (Å²) >= 11 is 0. The Balaban J connectivity index is 1.57. The van der Waals surface area contributed by atoms with Gasteiger partial charge in [-0.2, -0.15) is 0 Å². The van der Waals surface area contributed by atoms with Crippen molar-refractivity contribution >= 4 is 16.8 Å². The van der Waals surface area contributed by atoms with Crippen LogP contribution in [0.3, 0.4) is 0 Å². The molecule has 0 radical (unpaired) electrons. The number of benzene rings is 2. The molecule has 6 heteroatoms. The highest BCUT2D eigenvalue weighted by atomic mass is 19.1. The average molecular weight is 388 g/mol. The van der Waals surface area contributed by atoms with Crippen LogP contribution in [-0.2, 0) is 6.54 Å². The van der Waals surface area contributed by atoms with E-state index in [1.165, 1.54) is 6.07 Å². The van der Waals surface area contributed by atoms with E-state index in [2.05, 4.69) is 15.3 Å². The van der Waals surface area contributed by atoms with Gasteiger partial charge < -0.3 is 9.88 Å². The van der Waals surface area contributed by atoms with Crippen LogP contribution < -0.4 is 5.32 Å². The second kappa shape index (κ2) is 7.83. The molecule has 2 heterocycles. The van der Waals surface area contributed by atoms with E-state index in [9.17, 15) is 9.18 Å². The summed E-state index contributed by atoms with van der Waals surface area (Å²) in [6.45, 7) is 4.32. The molecule has 5 nitrogen and oxygen atoms in total. The Morgan fingerprint density at radius 1 is 1.17 bits per heavy atom. The highest BCUT2D eigenvalue weighted by Gasteiger charge is 2.14. The topological polar surface area (TPSA) is 59.8 Å². The third-order valence-corrected chi connectivity index (χ3v) is 4.82. The van der Waals surface area contributed by atoms with Gasteiger partial charge in [-0.15, -0.1) is 0 Å². The second-order valence-corrected chi connectivity index (χ2v) is 7.20. The van der Waals surface area contributed by atoms with Crippen molar-refractivity contribution in [2.24, 2.45) is 0 Å². The minimum Gasteiger partial charge on any atom is -0.348 e. The van der Waals surface area contributed by atoms with Gasteiger partial charge in [0.05, 0.1) is 23.1 Å². The van der Waals surface area contributed by atoms with Crippen LogP contribution in [0.25, 0.3) is 16.6 Å². The Hall–Kier alpha value is -3.54. The van der Waals surface area contributed by atoms with Crippen molar-refractivity contribution in [3.8, 4) is 5.69 Å². The average Bonchev–Trinajstić information content (AvgIpc) is 3.25. The van der Waals surface area contributed by atoms with Crippen LogP contribution in [0.1, 0.15) is 41.4 Å². The third-order valence-electron chi connectivity index (χ3n) is 4.82. The zero-order chi connectivity index (χ0) is 20.4. The molecule has 0 fully saturated rings. The summed E-state index contributed by atoms with van der Waals surface area (Å²) in [5, 5.41) is 3.70. The first-order chi connectivity index (χ1) is 14.0. The molecule has 0 aliphatic heterocycles. The first kappa shape index (κ1) is 18.8. The molecule has 0 spiro atoms. The zero-order valence-corrected chi connectivity index (χ0v) is 16.3. The fraction of sp³-hybridized carbons (Fsp3) is 0.174. The number of carbonyl (C=O) groups is 1. The Labute approximate surface area is 168 Å². The number of amides is 1. The fourth-order valence-electron chi connectivity index (χ4n) is 3.23. The van der Waals surface area contributed by atoms with Gasteiger partial charge in [-0.05, 0) is 35.7 Å². The SMILES string of the molecule is CC(C)c1cc(C(=O)NCc2ccc(-n3ccnc3)c(F)c2)c2ccccc2n1.